The summed E-state index contributed by atoms with van der Waals surface area (Å²) in [6.07, 6.45) is 0. The van der Waals surface area contributed by atoms with E-state index in [4.69, 9.17) is 0 Å². The van der Waals surface area contributed by atoms with Gasteiger partial charge in [0.2, 0.25) is 0 Å². The summed E-state index contributed by atoms with van der Waals surface area (Å²) in [5.41, 5.74) is 5.29. The molecule has 3 heteroatoms. The van der Waals surface area contributed by atoms with Crippen LogP contribution in [0.1, 0.15) is 11.1 Å². The van der Waals surface area contributed by atoms with Crippen molar-refractivity contribution in [3.05, 3.63) is 47.5 Å². The Kier molecular flexibility index (Phi) is 2.33. The number of hydrogen-bond acceptors (Lipinski definition) is 2. The maximum atomic E-state index is 9.46. The van der Waals surface area contributed by atoms with E-state index in [1.165, 1.54) is 11.1 Å². The Balaban J connectivity index is 2.22. The van der Waals surface area contributed by atoms with E-state index in [2.05, 4.69) is 35.9 Å². The number of fused-ring (bicyclic) bond motifs is 1. The molecular formula is C15H14N2O. The number of nitrogens with zero attached hydrogens (tertiary/aromatic N) is 1. The normalized spacial score (nSPS) is 11.0. The van der Waals surface area contributed by atoms with Crippen LogP contribution < -0.4 is 0 Å². The van der Waals surface area contributed by atoms with Crippen molar-refractivity contribution in [2.45, 2.75) is 13.8 Å². The number of H-pyrrole nitrogens is 1. The highest BCUT2D eigenvalue weighted by Gasteiger charge is 2.09. The van der Waals surface area contributed by atoms with Crippen molar-refractivity contribution in [2.24, 2.45) is 0 Å². The summed E-state index contributed by atoms with van der Waals surface area (Å²) in [5.74, 6) is 1.09. The predicted molar refractivity (Wildman–Crippen MR) is 72.7 cm³/mol. The van der Waals surface area contributed by atoms with Crippen LogP contribution in [-0.2, 0) is 0 Å². The van der Waals surface area contributed by atoms with E-state index in [-0.39, 0.29) is 5.75 Å². The van der Waals surface area contributed by atoms with E-state index in [0.717, 1.165) is 22.4 Å². The van der Waals surface area contributed by atoms with Crippen LogP contribution in [-0.4, -0.2) is 15.1 Å². The molecule has 0 fully saturated rings. The molecule has 0 aliphatic rings. The lowest BCUT2D eigenvalue weighted by Gasteiger charge is -2.04. The first-order chi connectivity index (χ1) is 8.65. The van der Waals surface area contributed by atoms with Crippen molar-refractivity contribution in [1.29, 1.82) is 0 Å². The standard InChI is InChI=1S/C15H14N2O/c1-9-4-3-5-12(10(9)2)15-16-13-7-6-11(18)8-14(13)17-15/h3-8,18H,1-2H3,(H,16,17). The Morgan fingerprint density at radius 2 is 1.94 bits per heavy atom. The fraction of sp³-hybridized carbons (Fsp3) is 0.133. The van der Waals surface area contributed by atoms with E-state index in [1.54, 1.807) is 12.1 Å². The Morgan fingerprint density at radius 3 is 2.78 bits per heavy atom. The van der Waals surface area contributed by atoms with E-state index in [0.29, 0.717) is 0 Å². The fourth-order valence-corrected chi connectivity index (χ4v) is 2.13. The van der Waals surface area contributed by atoms with Crippen LogP contribution in [0, 0.1) is 13.8 Å². The Morgan fingerprint density at radius 1 is 1.11 bits per heavy atom. The van der Waals surface area contributed by atoms with Crippen LogP contribution in [0.15, 0.2) is 36.4 Å². The van der Waals surface area contributed by atoms with Crippen LogP contribution in [0.5, 0.6) is 5.75 Å². The number of phenolic OH excluding ortho intramolecular Hbond substituents is 1. The molecule has 1 aromatic heterocycles. The third-order valence-electron chi connectivity index (χ3n) is 3.33. The second kappa shape index (κ2) is 3.88. The monoisotopic (exact) mass is 238 g/mol. The van der Waals surface area contributed by atoms with Crippen molar-refractivity contribution < 1.29 is 5.11 Å². The smallest absolute Gasteiger partial charge is 0.138 e. The quantitative estimate of drug-likeness (QED) is 0.681. The lowest BCUT2D eigenvalue weighted by molar-refractivity contribution is 0.476. The molecule has 0 saturated heterocycles. The summed E-state index contributed by atoms with van der Waals surface area (Å²) in [6, 6.07) is 11.3. The molecule has 0 aliphatic carbocycles. The molecule has 90 valence electrons. The van der Waals surface area contributed by atoms with Crippen LogP contribution >= 0.6 is 0 Å². The summed E-state index contributed by atoms with van der Waals surface area (Å²) < 4.78 is 0. The summed E-state index contributed by atoms with van der Waals surface area (Å²) >= 11 is 0. The van der Waals surface area contributed by atoms with E-state index in [1.807, 2.05) is 12.1 Å². The summed E-state index contributed by atoms with van der Waals surface area (Å²) in [7, 11) is 0. The molecule has 0 spiro atoms. The van der Waals surface area contributed by atoms with Gasteiger partial charge in [-0.3, -0.25) is 0 Å². The number of rotatable bonds is 1. The molecule has 0 unspecified atom stereocenters. The highest BCUT2D eigenvalue weighted by molar-refractivity contribution is 5.81. The molecule has 3 rings (SSSR count). The topological polar surface area (TPSA) is 48.9 Å². The molecule has 18 heavy (non-hydrogen) atoms. The van der Waals surface area contributed by atoms with Crippen LogP contribution in [0.2, 0.25) is 0 Å². The molecule has 2 N–H and O–H groups in total. The van der Waals surface area contributed by atoms with Gasteiger partial charge in [-0.1, -0.05) is 18.2 Å². The van der Waals surface area contributed by atoms with Crippen LogP contribution in [0.3, 0.4) is 0 Å². The van der Waals surface area contributed by atoms with Crippen molar-refractivity contribution in [2.75, 3.05) is 0 Å². The molecule has 0 radical (unpaired) electrons. The number of aromatic nitrogens is 2. The zero-order chi connectivity index (χ0) is 12.7. The highest BCUT2D eigenvalue weighted by atomic mass is 16.3. The third-order valence-corrected chi connectivity index (χ3v) is 3.33. The van der Waals surface area contributed by atoms with E-state index >= 15 is 0 Å². The predicted octanol–water partition coefficient (Wildman–Crippen LogP) is 3.55. The van der Waals surface area contributed by atoms with Gasteiger partial charge in [-0.2, -0.15) is 0 Å². The largest absolute Gasteiger partial charge is 0.508 e. The minimum atomic E-state index is 0.249. The van der Waals surface area contributed by atoms with Gasteiger partial charge in [0, 0.05) is 11.6 Å². The number of imidazole rings is 1. The molecule has 3 aromatic rings. The Labute approximate surface area is 105 Å². The van der Waals surface area contributed by atoms with Gasteiger partial charge in [-0.05, 0) is 37.1 Å². The lowest BCUT2D eigenvalue weighted by Crippen LogP contribution is -1.88. The molecule has 3 nitrogen and oxygen atoms in total. The second-order valence-electron chi connectivity index (χ2n) is 4.53. The van der Waals surface area contributed by atoms with Crippen molar-refractivity contribution in [3.63, 3.8) is 0 Å². The minimum absolute atomic E-state index is 0.249. The van der Waals surface area contributed by atoms with E-state index in [9.17, 15) is 5.11 Å². The number of benzene rings is 2. The van der Waals surface area contributed by atoms with E-state index < -0.39 is 0 Å². The van der Waals surface area contributed by atoms with Crippen molar-refractivity contribution in [3.8, 4) is 17.1 Å². The molecule has 0 aliphatic heterocycles. The highest BCUT2D eigenvalue weighted by Crippen LogP contribution is 2.26. The van der Waals surface area contributed by atoms with Gasteiger partial charge in [-0.25, -0.2) is 4.98 Å². The molecular weight excluding hydrogens is 224 g/mol. The maximum absolute atomic E-state index is 9.46. The Bertz CT molecular complexity index is 728. The number of aromatic amines is 1. The van der Waals surface area contributed by atoms with Gasteiger partial charge in [0.05, 0.1) is 11.0 Å². The lowest BCUT2D eigenvalue weighted by atomic mass is 10.0. The van der Waals surface area contributed by atoms with Crippen LogP contribution in [0.4, 0.5) is 0 Å². The van der Waals surface area contributed by atoms with Gasteiger partial charge in [0.15, 0.2) is 0 Å². The van der Waals surface area contributed by atoms with Gasteiger partial charge < -0.3 is 10.1 Å². The fourth-order valence-electron chi connectivity index (χ4n) is 2.13. The SMILES string of the molecule is Cc1cccc(-c2nc3ccc(O)cc3[nH]2)c1C. The molecule has 0 bridgehead atoms. The van der Waals surface area contributed by atoms with Crippen molar-refractivity contribution in [1.82, 2.24) is 9.97 Å². The molecule has 0 saturated carbocycles. The zero-order valence-corrected chi connectivity index (χ0v) is 10.4. The zero-order valence-electron chi connectivity index (χ0n) is 10.4. The van der Waals surface area contributed by atoms with Gasteiger partial charge >= 0.3 is 0 Å². The number of nitrogens with one attached hydrogen (secondary N) is 1. The second-order valence-corrected chi connectivity index (χ2v) is 4.53. The average molecular weight is 238 g/mol. The number of hydrogen-bond donors (Lipinski definition) is 2. The van der Waals surface area contributed by atoms with Gasteiger partial charge in [0.1, 0.15) is 11.6 Å². The molecule has 0 amide bonds. The van der Waals surface area contributed by atoms with Gasteiger partial charge in [-0.15, -0.1) is 0 Å². The number of phenols is 1. The van der Waals surface area contributed by atoms with Crippen molar-refractivity contribution >= 4 is 11.0 Å². The summed E-state index contributed by atoms with van der Waals surface area (Å²) in [5, 5.41) is 9.46. The summed E-state index contributed by atoms with van der Waals surface area (Å²) in [6.45, 7) is 4.18. The first-order valence-electron chi connectivity index (χ1n) is 5.90. The molecule has 0 atom stereocenters. The molecule has 1 heterocycles. The first-order valence-corrected chi connectivity index (χ1v) is 5.90. The number of aromatic hydroxyl groups is 1. The average Bonchev–Trinajstić information content (AvgIpc) is 2.75. The first kappa shape index (κ1) is 10.8. The van der Waals surface area contributed by atoms with Crippen LogP contribution in [0.25, 0.3) is 22.4 Å². The minimum Gasteiger partial charge on any atom is -0.508 e. The molecule has 2 aromatic carbocycles. The Hall–Kier alpha value is -2.29. The summed E-state index contributed by atoms with van der Waals surface area (Å²) in [4.78, 5) is 7.81. The number of aryl methyl sites for hydroxylation is 1. The third kappa shape index (κ3) is 1.64. The van der Waals surface area contributed by atoms with Gasteiger partial charge in [0.25, 0.3) is 0 Å². The maximum Gasteiger partial charge on any atom is 0.138 e.